The minimum atomic E-state index is -4.38. The summed E-state index contributed by atoms with van der Waals surface area (Å²) in [7, 11) is 0. The normalized spacial score (nSPS) is 18.4. The van der Waals surface area contributed by atoms with Gasteiger partial charge in [-0.3, -0.25) is 14.6 Å². The summed E-state index contributed by atoms with van der Waals surface area (Å²) in [6, 6.07) is 4.19. The zero-order valence-corrected chi connectivity index (χ0v) is 20.9. The number of rotatable bonds is 5. The summed E-state index contributed by atoms with van der Waals surface area (Å²) in [6.07, 6.45) is -1.80. The molecule has 2 fully saturated rings. The van der Waals surface area contributed by atoms with E-state index in [1.807, 2.05) is 6.92 Å². The molecule has 1 aromatic carbocycles. The van der Waals surface area contributed by atoms with Crippen LogP contribution in [-0.2, 0) is 34.9 Å². The van der Waals surface area contributed by atoms with E-state index in [0.717, 1.165) is 64.3 Å². The molecule has 2 saturated heterocycles. The maximum Gasteiger partial charge on any atom is 0.416 e. The molecule has 0 aromatic heterocycles. The molecular formula is C23H30F3N3O10. The van der Waals surface area contributed by atoms with Crippen LogP contribution in [0.3, 0.4) is 0 Å². The van der Waals surface area contributed by atoms with Crippen molar-refractivity contribution in [3.63, 3.8) is 0 Å². The Labute approximate surface area is 220 Å². The second kappa shape index (κ2) is 15.6. The first kappa shape index (κ1) is 33.3. The summed E-state index contributed by atoms with van der Waals surface area (Å²) in [4.78, 5) is 53.3. The number of ether oxygens (including phenoxy) is 1. The van der Waals surface area contributed by atoms with Gasteiger partial charge in [0.05, 0.1) is 17.7 Å². The number of aliphatic carboxylic acids is 4. The summed E-state index contributed by atoms with van der Waals surface area (Å²) < 4.78 is 43.5. The summed E-state index contributed by atoms with van der Waals surface area (Å²) in [6.45, 7) is 6.97. The topological polar surface area (TPSA) is 194 Å². The van der Waals surface area contributed by atoms with Crippen LogP contribution in [0, 0.1) is 0 Å². The lowest BCUT2D eigenvalue weighted by Crippen LogP contribution is -2.53. The van der Waals surface area contributed by atoms with Gasteiger partial charge in [0.25, 0.3) is 0 Å². The molecule has 13 nitrogen and oxygen atoms in total. The van der Waals surface area contributed by atoms with E-state index in [2.05, 4.69) is 15.1 Å². The molecule has 5 N–H and O–H groups in total. The largest absolute Gasteiger partial charge is 0.473 e. The molecule has 0 aliphatic carbocycles. The van der Waals surface area contributed by atoms with Gasteiger partial charge in [-0.25, -0.2) is 19.2 Å². The molecule has 1 aromatic rings. The number of hydrogen-bond donors (Lipinski definition) is 5. The monoisotopic (exact) mass is 565 g/mol. The number of nitrogens with one attached hydrogen (secondary N) is 1. The summed E-state index contributed by atoms with van der Waals surface area (Å²) >= 11 is 0. The predicted molar refractivity (Wildman–Crippen MR) is 127 cm³/mol. The lowest BCUT2D eigenvalue weighted by molar-refractivity contribution is -0.159. The molecule has 2 unspecified atom stereocenters. The highest BCUT2D eigenvalue weighted by molar-refractivity contribution is 6.27. The predicted octanol–water partition coefficient (Wildman–Crippen LogP) is 1.14. The van der Waals surface area contributed by atoms with Crippen molar-refractivity contribution in [1.29, 1.82) is 0 Å². The van der Waals surface area contributed by atoms with Crippen LogP contribution < -0.4 is 5.32 Å². The fourth-order valence-electron chi connectivity index (χ4n) is 3.56. The van der Waals surface area contributed by atoms with Crippen molar-refractivity contribution in [3.8, 4) is 0 Å². The summed E-state index contributed by atoms with van der Waals surface area (Å²) in [5.74, 6) is -7.50. The Morgan fingerprint density at radius 1 is 0.923 bits per heavy atom. The van der Waals surface area contributed by atoms with Gasteiger partial charge in [0, 0.05) is 45.0 Å². The van der Waals surface area contributed by atoms with Crippen LogP contribution >= 0.6 is 0 Å². The first-order valence-corrected chi connectivity index (χ1v) is 11.6. The van der Waals surface area contributed by atoms with Gasteiger partial charge in [-0.1, -0.05) is 0 Å². The van der Waals surface area contributed by atoms with Crippen LogP contribution in [0.25, 0.3) is 0 Å². The first-order valence-electron chi connectivity index (χ1n) is 11.6. The van der Waals surface area contributed by atoms with Gasteiger partial charge >= 0.3 is 30.1 Å². The molecule has 3 rings (SSSR count). The molecule has 1 amide bonds. The number of nitrogens with zero attached hydrogens (tertiary/aromatic N) is 2. The molecule has 0 bridgehead atoms. The van der Waals surface area contributed by atoms with E-state index in [1.165, 1.54) is 12.1 Å². The number of halogens is 3. The minimum Gasteiger partial charge on any atom is -0.473 e. The van der Waals surface area contributed by atoms with Crippen molar-refractivity contribution in [2.45, 2.75) is 38.1 Å². The molecule has 2 heterocycles. The molecule has 0 spiro atoms. The van der Waals surface area contributed by atoms with E-state index in [9.17, 15) is 18.0 Å². The first-order chi connectivity index (χ1) is 18.1. The van der Waals surface area contributed by atoms with Crippen molar-refractivity contribution >= 4 is 35.5 Å². The quantitative estimate of drug-likeness (QED) is 0.320. The Balaban J connectivity index is 0.000000530. The SMILES string of the molecule is CC(C(=O)Nc1ccc(C(F)(F)F)cc1)N1CCN(CC2CCCO2)CC1.O=C(O)C(=O)O.O=C(O)C(=O)O. The van der Waals surface area contributed by atoms with Gasteiger partial charge < -0.3 is 30.5 Å². The van der Waals surface area contributed by atoms with Gasteiger partial charge in [-0.15, -0.1) is 0 Å². The second-order valence-corrected chi connectivity index (χ2v) is 8.43. The van der Waals surface area contributed by atoms with E-state index < -0.39 is 35.6 Å². The Hall–Kier alpha value is -3.76. The fraction of sp³-hybridized carbons (Fsp3) is 0.522. The smallest absolute Gasteiger partial charge is 0.416 e. The van der Waals surface area contributed by atoms with Gasteiger partial charge in [0.1, 0.15) is 0 Å². The Morgan fingerprint density at radius 2 is 1.41 bits per heavy atom. The lowest BCUT2D eigenvalue weighted by Gasteiger charge is -2.38. The Morgan fingerprint density at radius 3 is 1.79 bits per heavy atom. The van der Waals surface area contributed by atoms with E-state index in [0.29, 0.717) is 11.8 Å². The van der Waals surface area contributed by atoms with Crippen molar-refractivity contribution < 1.29 is 62.3 Å². The van der Waals surface area contributed by atoms with E-state index >= 15 is 0 Å². The molecule has 2 aliphatic rings. The molecule has 0 saturated carbocycles. The molecule has 218 valence electrons. The number of benzene rings is 1. The fourth-order valence-corrected chi connectivity index (χ4v) is 3.56. The minimum absolute atomic E-state index is 0.206. The number of piperazine rings is 1. The highest BCUT2D eigenvalue weighted by atomic mass is 19.4. The zero-order valence-electron chi connectivity index (χ0n) is 20.9. The third kappa shape index (κ3) is 12.6. The molecule has 16 heteroatoms. The van der Waals surface area contributed by atoms with Crippen molar-refractivity contribution in [2.75, 3.05) is 44.6 Å². The number of alkyl halides is 3. The van der Waals surface area contributed by atoms with Crippen molar-refractivity contribution in [3.05, 3.63) is 29.8 Å². The summed E-state index contributed by atoms with van der Waals surface area (Å²) in [5, 5.41) is 32.3. The molecule has 0 radical (unpaired) electrons. The maximum absolute atomic E-state index is 12.6. The third-order valence-corrected chi connectivity index (χ3v) is 5.67. The second-order valence-electron chi connectivity index (χ2n) is 8.43. The third-order valence-electron chi connectivity index (χ3n) is 5.67. The molecule has 39 heavy (non-hydrogen) atoms. The molecular weight excluding hydrogens is 535 g/mol. The van der Waals surface area contributed by atoms with Crippen LogP contribution in [0.15, 0.2) is 24.3 Å². The van der Waals surface area contributed by atoms with Crippen molar-refractivity contribution in [1.82, 2.24) is 9.80 Å². The number of hydrogen-bond acceptors (Lipinski definition) is 8. The number of carbonyl (C=O) groups excluding carboxylic acids is 1. The number of carboxylic acids is 4. The van der Waals surface area contributed by atoms with Gasteiger partial charge in [0.15, 0.2) is 0 Å². The number of carbonyl (C=O) groups is 5. The lowest BCUT2D eigenvalue weighted by atomic mass is 10.1. The van der Waals surface area contributed by atoms with E-state index in [-0.39, 0.29) is 11.9 Å². The van der Waals surface area contributed by atoms with Gasteiger partial charge in [-0.05, 0) is 44.0 Å². The number of amides is 1. The Bertz CT molecular complexity index is 942. The highest BCUT2D eigenvalue weighted by Crippen LogP contribution is 2.29. The molecule has 2 aliphatic heterocycles. The van der Waals surface area contributed by atoms with Crippen LogP contribution in [0.2, 0.25) is 0 Å². The van der Waals surface area contributed by atoms with Crippen LogP contribution in [0.4, 0.5) is 18.9 Å². The Kier molecular flexibility index (Phi) is 13.3. The van der Waals surface area contributed by atoms with Crippen LogP contribution in [0.1, 0.15) is 25.3 Å². The van der Waals surface area contributed by atoms with E-state index in [1.54, 1.807) is 0 Å². The number of carboxylic acid groups (broad SMARTS) is 4. The standard InChI is InChI=1S/C19H26F3N3O2.2C2H2O4/c1-14(18(26)23-16-6-4-15(5-7-16)19(20,21)22)25-10-8-24(9-11-25)13-17-3-2-12-27-17;2*3-1(4)2(5)6/h4-7,14,17H,2-3,8-13H2,1H3,(H,23,26);2*(H,3,4)(H,5,6). The van der Waals surface area contributed by atoms with Gasteiger partial charge in [0.2, 0.25) is 5.91 Å². The highest BCUT2D eigenvalue weighted by Gasteiger charge is 2.30. The average Bonchev–Trinajstić information content (AvgIpc) is 3.37. The molecule has 2 atom stereocenters. The van der Waals surface area contributed by atoms with Gasteiger partial charge in [-0.2, -0.15) is 13.2 Å². The zero-order chi connectivity index (χ0) is 29.8. The van der Waals surface area contributed by atoms with Crippen LogP contribution in [-0.4, -0.2) is 111 Å². The van der Waals surface area contributed by atoms with Crippen molar-refractivity contribution in [2.24, 2.45) is 0 Å². The number of anilines is 1. The maximum atomic E-state index is 12.6. The van der Waals surface area contributed by atoms with Crippen LogP contribution in [0.5, 0.6) is 0 Å². The van der Waals surface area contributed by atoms with E-state index in [4.69, 9.17) is 44.3 Å². The summed E-state index contributed by atoms with van der Waals surface area (Å²) in [5.41, 5.74) is -0.354. The average molecular weight is 565 g/mol.